The van der Waals surface area contributed by atoms with Crippen molar-refractivity contribution in [3.05, 3.63) is 0 Å². The van der Waals surface area contributed by atoms with Crippen molar-refractivity contribution >= 4 is 6.03 Å². The molecule has 0 aromatic carbocycles. The first-order chi connectivity index (χ1) is 9.27. The third-order valence-electron chi connectivity index (χ3n) is 3.30. The first-order valence-electron chi connectivity index (χ1n) is 6.86. The van der Waals surface area contributed by atoms with Crippen LogP contribution < -0.4 is 5.32 Å². The molecule has 6 nitrogen and oxygen atoms in total. The number of nitrogens with zero attached hydrogens (tertiary/aromatic N) is 1. The van der Waals surface area contributed by atoms with E-state index in [9.17, 15) is 4.79 Å². The van der Waals surface area contributed by atoms with E-state index in [0.29, 0.717) is 32.2 Å². The highest BCUT2D eigenvalue weighted by molar-refractivity contribution is 5.74. The average Bonchev–Trinajstić information content (AvgIpc) is 2.46. The van der Waals surface area contributed by atoms with E-state index in [-0.39, 0.29) is 6.03 Å². The third-order valence-corrected chi connectivity index (χ3v) is 3.30. The first kappa shape index (κ1) is 16.2. The summed E-state index contributed by atoms with van der Waals surface area (Å²) in [6.45, 7) is 4.57. The van der Waals surface area contributed by atoms with E-state index in [2.05, 4.69) is 5.32 Å². The van der Waals surface area contributed by atoms with Gasteiger partial charge in [0.1, 0.15) is 0 Å². The molecule has 1 saturated heterocycles. The molecule has 0 unspecified atom stereocenters. The van der Waals surface area contributed by atoms with Crippen LogP contribution in [0, 0.1) is 5.92 Å². The zero-order chi connectivity index (χ0) is 13.9. The molecule has 0 aliphatic carbocycles. The Kier molecular flexibility index (Phi) is 8.53. The van der Waals surface area contributed by atoms with Crippen molar-refractivity contribution in [2.45, 2.75) is 12.8 Å². The number of methoxy groups -OCH3 is 2. The fourth-order valence-corrected chi connectivity index (χ4v) is 2.01. The summed E-state index contributed by atoms with van der Waals surface area (Å²) in [7, 11) is 3.27. The molecule has 1 aliphatic rings. The predicted molar refractivity (Wildman–Crippen MR) is 72.3 cm³/mol. The van der Waals surface area contributed by atoms with Crippen LogP contribution in [0.25, 0.3) is 0 Å². The maximum atomic E-state index is 12.1. The van der Waals surface area contributed by atoms with Crippen LogP contribution in [0.15, 0.2) is 0 Å². The number of hydrogen-bond acceptors (Lipinski definition) is 4. The van der Waals surface area contributed by atoms with Gasteiger partial charge in [-0.2, -0.15) is 0 Å². The van der Waals surface area contributed by atoms with Gasteiger partial charge in [0.2, 0.25) is 0 Å². The van der Waals surface area contributed by atoms with Crippen LogP contribution in [-0.2, 0) is 14.2 Å². The molecule has 0 aromatic heterocycles. The third kappa shape index (κ3) is 6.75. The van der Waals surface area contributed by atoms with Gasteiger partial charge in [0.05, 0.1) is 13.2 Å². The zero-order valence-electron chi connectivity index (χ0n) is 12.0. The van der Waals surface area contributed by atoms with Crippen molar-refractivity contribution < 1.29 is 19.0 Å². The maximum absolute atomic E-state index is 12.1. The molecule has 6 heteroatoms. The number of rotatable bonds is 8. The first-order valence-corrected chi connectivity index (χ1v) is 6.86. The molecule has 19 heavy (non-hydrogen) atoms. The van der Waals surface area contributed by atoms with Crippen molar-refractivity contribution in [2.24, 2.45) is 5.92 Å². The smallest absolute Gasteiger partial charge is 0.317 e. The molecule has 1 rings (SSSR count). The fraction of sp³-hybridized carbons (Fsp3) is 0.923. The van der Waals surface area contributed by atoms with Crippen LogP contribution in [0.1, 0.15) is 12.8 Å². The summed E-state index contributed by atoms with van der Waals surface area (Å²) in [5.74, 6) is 0.532. The molecule has 1 fully saturated rings. The molecule has 1 heterocycles. The number of urea groups is 1. The number of nitrogens with one attached hydrogen (secondary N) is 1. The Balaban J connectivity index is 2.28. The summed E-state index contributed by atoms with van der Waals surface area (Å²) in [5, 5.41) is 2.99. The van der Waals surface area contributed by atoms with Gasteiger partial charge in [0, 0.05) is 47.1 Å². The topological polar surface area (TPSA) is 60.0 Å². The highest BCUT2D eigenvalue weighted by Crippen LogP contribution is 2.13. The van der Waals surface area contributed by atoms with E-state index in [0.717, 1.165) is 32.6 Å². The lowest BCUT2D eigenvalue weighted by Crippen LogP contribution is -2.45. The Labute approximate surface area is 115 Å². The summed E-state index contributed by atoms with van der Waals surface area (Å²) in [6.07, 6.45) is 2.05. The Morgan fingerprint density at radius 3 is 2.32 bits per heavy atom. The second-order valence-corrected chi connectivity index (χ2v) is 4.71. The van der Waals surface area contributed by atoms with E-state index in [1.54, 1.807) is 19.1 Å². The molecule has 0 bridgehead atoms. The summed E-state index contributed by atoms with van der Waals surface area (Å²) in [6, 6.07) is -0.0411. The van der Waals surface area contributed by atoms with Crippen molar-refractivity contribution in [3.8, 4) is 0 Å². The predicted octanol–water partition coefficient (Wildman–Crippen LogP) is 0.717. The van der Waals surface area contributed by atoms with Gasteiger partial charge in [-0.3, -0.25) is 0 Å². The van der Waals surface area contributed by atoms with Gasteiger partial charge in [-0.15, -0.1) is 0 Å². The minimum Gasteiger partial charge on any atom is -0.383 e. The second-order valence-electron chi connectivity index (χ2n) is 4.71. The highest BCUT2D eigenvalue weighted by atomic mass is 16.5. The minimum atomic E-state index is -0.0411. The van der Waals surface area contributed by atoms with Crippen LogP contribution in [0.3, 0.4) is 0 Å². The van der Waals surface area contributed by atoms with E-state index in [4.69, 9.17) is 14.2 Å². The molecular formula is C13H26N2O4. The summed E-state index contributed by atoms with van der Waals surface area (Å²) >= 11 is 0. The average molecular weight is 274 g/mol. The van der Waals surface area contributed by atoms with Crippen LogP contribution >= 0.6 is 0 Å². The zero-order valence-corrected chi connectivity index (χ0v) is 12.0. The Morgan fingerprint density at radius 2 is 1.79 bits per heavy atom. The van der Waals surface area contributed by atoms with Gasteiger partial charge in [0.15, 0.2) is 0 Å². The second kappa shape index (κ2) is 10.00. The number of ether oxygens (including phenoxy) is 3. The molecule has 0 radical (unpaired) electrons. The molecule has 0 atom stereocenters. The lowest BCUT2D eigenvalue weighted by Gasteiger charge is -2.26. The molecule has 0 aromatic rings. The van der Waals surface area contributed by atoms with Crippen LogP contribution in [-0.4, -0.2) is 71.2 Å². The molecule has 0 spiro atoms. The largest absolute Gasteiger partial charge is 0.383 e. The van der Waals surface area contributed by atoms with Gasteiger partial charge < -0.3 is 24.4 Å². The molecular weight excluding hydrogens is 248 g/mol. The number of amides is 2. The van der Waals surface area contributed by atoms with Crippen molar-refractivity contribution in [1.29, 1.82) is 0 Å². The molecule has 1 aliphatic heterocycles. The normalized spacial score (nSPS) is 16.3. The van der Waals surface area contributed by atoms with Gasteiger partial charge in [-0.25, -0.2) is 4.79 Å². The summed E-state index contributed by atoms with van der Waals surface area (Å²) < 4.78 is 15.3. The standard InChI is InChI=1S/C13H26N2O4/c1-17-9-5-15(6-10-18-2)13(16)14-11-12-3-7-19-8-4-12/h12H,3-11H2,1-2H3,(H,14,16). The van der Waals surface area contributed by atoms with Crippen LogP contribution in [0.2, 0.25) is 0 Å². The Morgan fingerprint density at radius 1 is 1.21 bits per heavy atom. The van der Waals surface area contributed by atoms with Gasteiger partial charge in [0.25, 0.3) is 0 Å². The summed E-state index contributed by atoms with van der Waals surface area (Å²) in [5.41, 5.74) is 0. The fourth-order valence-electron chi connectivity index (χ4n) is 2.01. The quantitative estimate of drug-likeness (QED) is 0.708. The molecule has 112 valence electrons. The Bertz CT molecular complexity index is 237. The van der Waals surface area contributed by atoms with E-state index < -0.39 is 0 Å². The van der Waals surface area contributed by atoms with E-state index >= 15 is 0 Å². The van der Waals surface area contributed by atoms with Crippen molar-refractivity contribution in [3.63, 3.8) is 0 Å². The number of carbonyl (C=O) groups excluding carboxylic acids is 1. The van der Waals surface area contributed by atoms with Crippen LogP contribution in [0.4, 0.5) is 4.79 Å². The number of carbonyl (C=O) groups is 1. The molecule has 2 amide bonds. The van der Waals surface area contributed by atoms with Crippen LogP contribution in [0.5, 0.6) is 0 Å². The van der Waals surface area contributed by atoms with Crippen molar-refractivity contribution in [2.75, 3.05) is 60.3 Å². The minimum absolute atomic E-state index is 0.0411. The highest BCUT2D eigenvalue weighted by Gasteiger charge is 2.17. The monoisotopic (exact) mass is 274 g/mol. The summed E-state index contributed by atoms with van der Waals surface area (Å²) in [4.78, 5) is 13.8. The lowest BCUT2D eigenvalue weighted by molar-refractivity contribution is 0.0659. The van der Waals surface area contributed by atoms with Crippen molar-refractivity contribution in [1.82, 2.24) is 10.2 Å². The van der Waals surface area contributed by atoms with Gasteiger partial charge in [-0.05, 0) is 18.8 Å². The van der Waals surface area contributed by atoms with Gasteiger partial charge >= 0.3 is 6.03 Å². The van der Waals surface area contributed by atoms with Gasteiger partial charge in [-0.1, -0.05) is 0 Å². The SMILES string of the molecule is COCCN(CCOC)C(=O)NCC1CCOCC1. The molecule has 1 N–H and O–H groups in total. The maximum Gasteiger partial charge on any atom is 0.317 e. The lowest BCUT2D eigenvalue weighted by atomic mass is 10.0. The van der Waals surface area contributed by atoms with E-state index in [1.807, 2.05) is 0 Å². The Hall–Kier alpha value is -0.850. The number of hydrogen-bond donors (Lipinski definition) is 1. The van der Waals surface area contributed by atoms with E-state index in [1.165, 1.54) is 0 Å². The molecule has 0 saturated carbocycles.